The molecule has 0 aliphatic rings. The quantitative estimate of drug-likeness (QED) is 0.598. The largest absolute Gasteiger partial charge is 0.382 e. The topological polar surface area (TPSA) is 149 Å². The van der Waals surface area contributed by atoms with Crippen LogP contribution in [-0.2, 0) is 16.7 Å². The molecule has 0 unspecified atom stereocenters. The summed E-state index contributed by atoms with van der Waals surface area (Å²) in [5.74, 6) is -0.0800. The highest BCUT2D eigenvalue weighted by Gasteiger charge is 2.13. The molecule has 114 valence electrons. The number of aryl methyl sites for hydroxylation is 2. The molecule has 0 saturated carbocycles. The summed E-state index contributed by atoms with van der Waals surface area (Å²) in [5.41, 5.74) is 6.86. The molecular weight excluding hydrogens is 318 g/mol. The Morgan fingerprint density at radius 2 is 2.24 bits per heavy atom. The smallest absolute Gasteiger partial charge is 0.264 e. The number of hydrogen-bond donors (Lipinski definition) is 2. The minimum absolute atomic E-state index is 0.192. The summed E-state index contributed by atoms with van der Waals surface area (Å²) in [5, 5.41) is 12.4. The molecule has 2 aromatic rings. The van der Waals surface area contributed by atoms with Crippen molar-refractivity contribution in [3.8, 4) is 0 Å². The number of anilines is 1. The zero-order valence-electron chi connectivity index (χ0n) is 11.0. The molecule has 10 nitrogen and oxygen atoms in total. The van der Waals surface area contributed by atoms with Crippen LogP contribution in [0.25, 0.3) is 0 Å². The second-order valence-corrected chi connectivity index (χ2v) is 6.44. The fourth-order valence-electron chi connectivity index (χ4n) is 1.58. The van der Waals surface area contributed by atoms with Crippen LogP contribution in [-0.4, -0.2) is 37.9 Å². The highest BCUT2D eigenvalue weighted by Crippen LogP contribution is 2.28. The third-order valence-electron chi connectivity index (χ3n) is 2.49. The third-order valence-corrected chi connectivity index (χ3v) is 3.85. The summed E-state index contributed by atoms with van der Waals surface area (Å²) in [4.78, 5) is 3.86. The van der Waals surface area contributed by atoms with E-state index in [2.05, 4.69) is 24.7 Å². The predicted octanol–water partition coefficient (Wildman–Crippen LogP) is 1.32. The molecule has 0 saturated heterocycles. The maximum absolute atomic E-state index is 10.7. The Morgan fingerprint density at radius 3 is 2.86 bits per heavy atom. The van der Waals surface area contributed by atoms with Crippen molar-refractivity contribution in [1.29, 1.82) is 0 Å². The molecule has 12 heteroatoms. The second kappa shape index (κ2) is 6.24. The van der Waals surface area contributed by atoms with E-state index in [1.807, 2.05) is 0 Å². The third kappa shape index (κ3) is 4.27. The van der Waals surface area contributed by atoms with E-state index in [0.29, 0.717) is 16.5 Å². The van der Waals surface area contributed by atoms with Crippen molar-refractivity contribution in [3.63, 3.8) is 0 Å². The van der Waals surface area contributed by atoms with Gasteiger partial charge in [-0.05, 0) is 13.3 Å². The molecule has 2 heterocycles. The molecule has 0 radical (unpaired) electrons. The Balaban J connectivity index is 2.10. The molecule has 0 fully saturated rings. The van der Waals surface area contributed by atoms with E-state index < -0.39 is 10.1 Å². The maximum Gasteiger partial charge on any atom is 0.264 e. The lowest BCUT2D eigenvalue weighted by atomic mass is 10.4. The van der Waals surface area contributed by atoms with Crippen LogP contribution in [0.15, 0.2) is 16.6 Å². The van der Waals surface area contributed by atoms with Crippen LogP contribution in [0.4, 0.5) is 16.6 Å². The van der Waals surface area contributed by atoms with Gasteiger partial charge in [0.1, 0.15) is 12.1 Å². The van der Waals surface area contributed by atoms with Crippen LogP contribution in [0, 0.1) is 6.92 Å². The van der Waals surface area contributed by atoms with Crippen molar-refractivity contribution in [2.75, 3.05) is 11.5 Å². The molecule has 0 aliphatic heterocycles. The van der Waals surface area contributed by atoms with Gasteiger partial charge in [-0.2, -0.15) is 17.9 Å². The zero-order valence-corrected chi connectivity index (χ0v) is 12.7. The van der Waals surface area contributed by atoms with E-state index in [0.717, 1.165) is 11.5 Å². The number of nitrogens with zero attached hydrogens (tertiary/aromatic N) is 6. The average molecular weight is 331 g/mol. The van der Waals surface area contributed by atoms with Crippen LogP contribution in [0.3, 0.4) is 0 Å². The number of nitrogen functional groups attached to an aromatic ring is 1. The zero-order chi connectivity index (χ0) is 15.5. The van der Waals surface area contributed by atoms with Gasteiger partial charge >= 0.3 is 0 Å². The van der Waals surface area contributed by atoms with Crippen LogP contribution in [0.5, 0.6) is 0 Å². The summed E-state index contributed by atoms with van der Waals surface area (Å²) in [7, 11) is -3.99. The van der Waals surface area contributed by atoms with E-state index in [4.69, 9.17) is 10.3 Å². The lowest BCUT2D eigenvalue weighted by Crippen LogP contribution is -2.10. The van der Waals surface area contributed by atoms with E-state index >= 15 is 0 Å². The number of hydrogen-bond acceptors (Lipinski definition) is 9. The molecule has 2 aromatic heterocycles. The molecular formula is C9H13N7O3S2. The van der Waals surface area contributed by atoms with Gasteiger partial charge in [0.25, 0.3) is 10.1 Å². The normalized spacial score (nSPS) is 12.3. The number of rotatable bonds is 6. The number of nitrogens with two attached hydrogens (primary N) is 1. The molecule has 21 heavy (non-hydrogen) atoms. The maximum atomic E-state index is 10.7. The SMILES string of the molecule is Cc1nn(CCCS(=O)(=O)O)c(N)c1N=Nc1ncns1. The summed E-state index contributed by atoms with van der Waals surface area (Å²) >= 11 is 1.09. The van der Waals surface area contributed by atoms with Crippen LogP contribution >= 0.6 is 11.5 Å². The standard InChI is InChI=1S/C9H13N7O3S2/c1-6-7(13-14-9-11-5-12-20-9)8(10)16(15-6)3-2-4-21(17,18)19/h5H,2-4,10H2,1H3,(H,17,18,19). The second-order valence-electron chi connectivity index (χ2n) is 4.11. The average Bonchev–Trinajstić information content (AvgIpc) is 2.96. The molecule has 3 N–H and O–H groups in total. The predicted molar refractivity (Wildman–Crippen MR) is 76.5 cm³/mol. The fraction of sp³-hybridized carbons (Fsp3) is 0.444. The minimum atomic E-state index is -3.99. The van der Waals surface area contributed by atoms with Gasteiger partial charge in [0, 0.05) is 18.1 Å². The van der Waals surface area contributed by atoms with E-state index in [-0.39, 0.29) is 24.5 Å². The molecule has 2 rings (SSSR count). The van der Waals surface area contributed by atoms with Crippen molar-refractivity contribution in [3.05, 3.63) is 12.0 Å². The van der Waals surface area contributed by atoms with Gasteiger partial charge in [-0.3, -0.25) is 4.55 Å². The molecule has 0 aliphatic carbocycles. The Morgan fingerprint density at radius 1 is 1.48 bits per heavy atom. The highest BCUT2D eigenvalue weighted by atomic mass is 32.2. The van der Waals surface area contributed by atoms with Crippen molar-refractivity contribution in [1.82, 2.24) is 19.1 Å². The minimum Gasteiger partial charge on any atom is -0.382 e. The summed E-state index contributed by atoms with van der Waals surface area (Å²) in [6.07, 6.45) is 1.56. The first-order chi connectivity index (χ1) is 9.87. The van der Waals surface area contributed by atoms with Crippen molar-refractivity contribution in [2.24, 2.45) is 10.2 Å². The van der Waals surface area contributed by atoms with Gasteiger partial charge in [0.05, 0.1) is 11.4 Å². The molecule has 0 spiro atoms. The Hall–Kier alpha value is -1.92. The van der Waals surface area contributed by atoms with Gasteiger partial charge in [-0.25, -0.2) is 9.67 Å². The van der Waals surface area contributed by atoms with Crippen LogP contribution < -0.4 is 5.73 Å². The molecule has 0 bridgehead atoms. The number of azo groups is 1. The lowest BCUT2D eigenvalue weighted by Gasteiger charge is -2.02. The van der Waals surface area contributed by atoms with Gasteiger partial charge in [0.15, 0.2) is 5.69 Å². The van der Waals surface area contributed by atoms with Gasteiger partial charge < -0.3 is 5.73 Å². The van der Waals surface area contributed by atoms with Gasteiger partial charge in [-0.15, -0.1) is 10.2 Å². The molecule has 0 aromatic carbocycles. The van der Waals surface area contributed by atoms with Gasteiger partial charge in [0.2, 0.25) is 5.13 Å². The van der Waals surface area contributed by atoms with E-state index in [1.165, 1.54) is 11.0 Å². The van der Waals surface area contributed by atoms with Gasteiger partial charge in [-0.1, -0.05) is 0 Å². The first kappa shape index (κ1) is 15.5. The van der Waals surface area contributed by atoms with E-state index in [9.17, 15) is 8.42 Å². The van der Waals surface area contributed by atoms with E-state index in [1.54, 1.807) is 6.92 Å². The fourth-order valence-corrected chi connectivity index (χ4v) is 2.44. The molecule has 0 atom stereocenters. The first-order valence-corrected chi connectivity index (χ1v) is 8.21. The first-order valence-electron chi connectivity index (χ1n) is 5.83. The summed E-state index contributed by atoms with van der Waals surface area (Å²) < 4.78 is 35.2. The van der Waals surface area contributed by atoms with Crippen molar-refractivity contribution < 1.29 is 13.0 Å². The molecule has 0 amide bonds. The Bertz CT molecular complexity index is 736. The Labute approximate surface area is 124 Å². The highest BCUT2D eigenvalue weighted by molar-refractivity contribution is 7.85. The lowest BCUT2D eigenvalue weighted by molar-refractivity contribution is 0.476. The summed E-state index contributed by atoms with van der Waals surface area (Å²) in [6, 6.07) is 0. The monoisotopic (exact) mass is 331 g/mol. The van der Waals surface area contributed by atoms with Crippen molar-refractivity contribution >= 4 is 38.3 Å². The van der Waals surface area contributed by atoms with Crippen molar-refractivity contribution in [2.45, 2.75) is 19.9 Å². The Kier molecular flexibility index (Phi) is 4.59. The van der Waals surface area contributed by atoms with Crippen LogP contribution in [0.2, 0.25) is 0 Å². The number of aromatic nitrogens is 4. The summed E-state index contributed by atoms with van der Waals surface area (Å²) in [6.45, 7) is 1.96. The van der Waals surface area contributed by atoms with Crippen LogP contribution in [0.1, 0.15) is 12.1 Å².